The van der Waals surface area contributed by atoms with Crippen molar-refractivity contribution < 1.29 is 77.1 Å². The number of azo groups is 2. The number of nitrogen functional groups attached to an aromatic ring is 1. The van der Waals surface area contributed by atoms with Gasteiger partial charge in [0.2, 0.25) is 0 Å². The predicted octanol–water partition coefficient (Wildman–Crippen LogP) is 1.82. The van der Waals surface area contributed by atoms with Crippen LogP contribution in [-0.4, -0.2) is 100 Å². The molecule has 0 fully saturated rings. The van der Waals surface area contributed by atoms with Crippen LogP contribution in [0.25, 0.3) is 0 Å². The van der Waals surface area contributed by atoms with Crippen LogP contribution in [0, 0.1) is 0 Å². The largest absolute Gasteiger partial charge is 0.397 e. The van der Waals surface area contributed by atoms with Crippen molar-refractivity contribution in [2.75, 3.05) is 42.8 Å². The van der Waals surface area contributed by atoms with Gasteiger partial charge in [-0.1, -0.05) is 0 Å². The molecule has 3 aromatic carbocycles. The van der Waals surface area contributed by atoms with Gasteiger partial charge in [-0.15, -0.1) is 20.5 Å². The summed E-state index contributed by atoms with van der Waals surface area (Å²) >= 11 is 0. The Kier molecular flexibility index (Phi) is 13.2. The van der Waals surface area contributed by atoms with E-state index in [0.717, 1.165) is 30.3 Å². The Labute approximate surface area is 302 Å². The maximum absolute atomic E-state index is 12.6. The molecular weight excluding hydrogens is 841 g/mol. The summed E-state index contributed by atoms with van der Waals surface area (Å²) in [5, 5.41) is 17.8. The fourth-order valence-corrected chi connectivity index (χ4v) is 8.34. The van der Waals surface area contributed by atoms with Gasteiger partial charge < -0.3 is 11.1 Å². The minimum absolute atomic E-state index is 0.128. The Balaban J connectivity index is 2.02. The zero-order valence-electron chi connectivity index (χ0n) is 26.3. The summed E-state index contributed by atoms with van der Waals surface area (Å²) in [6.45, 7) is -2.07. The lowest BCUT2D eigenvalue weighted by atomic mass is 10.2. The number of hydrogen-bond acceptors (Lipinski definition) is 20. The van der Waals surface area contributed by atoms with Crippen LogP contribution >= 0.6 is 0 Å². The molecule has 0 saturated heterocycles. The highest BCUT2D eigenvalue weighted by molar-refractivity contribution is 7.92. The monoisotopic (exact) mass is 866 g/mol. The molecule has 24 nitrogen and oxygen atoms in total. The van der Waals surface area contributed by atoms with E-state index in [-0.39, 0.29) is 22.7 Å². The molecule has 0 aliphatic rings. The Bertz CT molecular complexity index is 2650. The number of hydrogen-bond donors (Lipinski definition) is 6. The van der Waals surface area contributed by atoms with Crippen LogP contribution in [0.15, 0.2) is 88.6 Å². The summed E-state index contributed by atoms with van der Waals surface area (Å²) in [7, 11) is -27.8. The molecule has 0 aliphatic heterocycles. The molecule has 0 radical (unpaired) electrons. The van der Waals surface area contributed by atoms with Crippen LogP contribution < -0.4 is 11.1 Å². The third kappa shape index (κ3) is 12.5. The van der Waals surface area contributed by atoms with Gasteiger partial charge >= 0.3 is 20.8 Å². The molecule has 0 bridgehead atoms. The number of sulfone groups is 2. The molecule has 0 saturated carbocycles. The van der Waals surface area contributed by atoms with Gasteiger partial charge in [0.1, 0.15) is 32.5 Å². The number of rotatable bonds is 17. The van der Waals surface area contributed by atoms with Crippen molar-refractivity contribution in [3.8, 4) is 0 Å². The molecule has 3 aromatic rings. The predicted molar refractivity (Wildman–Crippen MR) is 180 cm³/mol. The molecule has 7 N–H and O–H groups in total. The average molecular weight is 867 g/mol. The van der Waals surface area contributed by atoms with Crippen molar-refractivity contribution in [2.45, 2.75) is 19.6 Å². The molecule has 0 unspecified atom stereocenters. The van der Waals surface area contributed by atoms with Gasteiger partial charge in [0.25, 0.3) is 20.2 Å². The Morgan fingerprint density at radius 1 is 0.566 bits per heavy atom. The maximum Gasteiger partial charge on any atom is 0.397 e. The number of anilines is 2. The van der Waals surface area contributed by atoms with Gasteiger partial charge in [0, 0.05) is 7.05 Å². The van der Waals surface area contributed by atoms with Crippen LogP contribution in [-0.2, 0) is 69.1 Å². The van der Waals surface area contributed by atoms with E-state index in [1.807, 2.05) is 0 Å². The first kappa shape index (κ1) is 43.3. The first-order chi connectivity index (χ1) is 24.1. The third-order valence-corrected chi connectivity index (χ3v) is 12.3. The van der Waals surface area contributed by atoms with Gasteiger partial charge in [-0.3, -0.25) is 18.2 Å². The lowest BCUT2D eigenvalue weighted by Gasteiger charge is -2.10. The van der Waals surface area contributed by atoms with Crippen molar-refractivity contribution in [2.24, 2.45) is 20.5 Å². The first-order valence-electron chi connectivity index (χ1n) is 13.5. The van der Waals surface area contributed by atoms with Gasteiger partial charge in [-0.2, -0.15) is 33.7 Å². The highest BCUT2D eigenvalue weighted by Gasteiger charge is 2.25. The van der Waals surface area contributed by atoms with Crippen LogP contribution in [0.4, 0.5) is 34.1 Å². The van der Waals surface area contributed by atoms with E-state index < -0.39 is 116 Å². The molecule has 0 aliphatic carbocycles. The standard InChI is InChI=1S/C23H26N6O18S6/c1-25-20-12-16(24)19(28-26-17-4-2-14(10-22(17)50(34,35)36)48(30,31)8-6-46-52(40,41)42)13-21(20)29-27-18-5-3-15(11-23(18)51(37,38)39)49(32,33)9-7-47-53(43,44)45/h2-5,10-13,25H,6-9,24H2,1H3,(H,34,35,36)(H,37,38,39)(H,40,41,42)(H,43,44,45)/b28-26+,29-27+. The number of benzene rings is 3. The Hall–Kier alpha value is -4.08. The molecule has 53 heavy (non-hydrogen) atoms. The van der Waals surface area contributed by atoms with Crippen LogP contribution in [0.5, 0.6) is 0 Å². The minimum atomic E-state index is -5.18. The lowest BCUT2D eigenvalue weighted by molar-refractivity contribution is 0.282. The highest BCUT2D eigenvalue weighted by Crippen LogP contribution is 2.38. The Morgan fingerprint density at radius 3 is 1.30 bits per heavy atom. The molecule has 292 valence electrons. The van der Waals surface area contributed by atoms with Crippen molar-refractivity contribution in [1.82, 2.24) is 0 Å². The zero-order chi connectivity index (χ0) is 40.2. The molecule has 0 atom stereocenters. The second-order valence-electron chi connectivity index (χ2n) is 9.92. The first-order valence-corrected chi connectivity index (χ1v) is 22.4. The fourth-order valence-electron chi connectivity index (χ4n) is 3.87. The summed E-state index contributed by atoms with van der Waals surface area (Å²) in [6, 6.07) is 6.67. The van der Waals surface area contributed by atoms with E-state index in [1.54, 1.807) is 0 Å². The zero-order valence-corrected chi connectivity index (χ0v) is 31.2. The number of nitrogens with zero attached hydrogens (tertiary/aromatic N) is 4. The topological polar surface area (TPSA) is 392 Å². The normalized spacial score (nSPS) is 13.5. The molecule has 0 aromatic heterocycles. The Morgan fingerprint density at radius 2 is 0.943 bits per heavy atom. The number of nitrogens with two attached hydrogens (primary N) is 1. The summed E-state index contributed by atoms with van der Waals surface area (Å²) in [6.07, 6.45) is 0. The van der Waals surface area contributed by atoms with Crippen LogP contribution in [0.1, 0.15) is 0 Å². The van der Waals surface area contributed by atoms with E-state index in [2.05, 4.69) is 34.1 Å². The second-order valence-corrected chi connectivity index (χ2v) is 19.1. The van der Waals surface area contributed by atoms with Gasteiger partial charge in [0.15, 0.2) is 19.7 Å². The minimum Gasteiger partial charge on any atom is -0.397 e. The molecular formula is C23H26N6O18S6. The van der Waals surface area contributed by atoms with Crippen LogP contribution in [0.3, 0.4) is 0 Å². The molecule has 0 spiro atoms. The van der Waals surface area contributed by atoms with Crippen LogP contribution in [0.2, 0.25) is 0 Å². The van der Waals surface area contributed by atoms with Crippen molar-refractivity contribution in [1.29, 1.82) is 0 Å². The van der Waals surface area contributed by atoms with E-state index in [9.17, 15) is 59.6 Å². The average Bonchev–Trinajstić information content (AvgIpc) is 3.00. The van der Waals surface area contributed by atoms with E-state index >= 15 is 0 Å². The lowest BCUT2D eigenvalue weighted by Crippen LogP contribution is -2.16. The van der Waals surface area contributed by atoms with E-state index in [0.29, 0.717) is 12.1 Å². The van der Waals surface area contributed by atoms with E-state index in [1.165, 1.54) is 13.1 Å². The highest BCUT2D eigenvalue weighted by atomic mass is 32.3. The van der Waals surface area contributed by atoms with Gasteiger partial charge in [-0.05, 0) is 48.5 Å². The quantitative estimate of drug-likeness (QED) is 0.0640. The molecule has 0 heterocycles. The van der Waals surface area contributed by atoms with Crippen molar-refractivity contribution in [3.05, 3.63) is 48.5 Å². The van der Waals surface area contributed by atoms with Gasteiger partial charge in [0.05, 0.1) is 45.9 Å². The SMILES string of the molecule is CNc1cc(N)c(/N=N/c2ccc(S(=O)(=O)CCOS(=O)(=O)O)cc2S(=O)(=O)O)cc1/N=N/c1ccc(S(=O)(=O)CCOS(=O)(=O)O)cc1S(=O)(=O)O. The maximum atomic E-state index is 12.6. The smallest absolute Gasteiger partial charge is 0.397 e. The van der Waals surface area contributed by atoms with Crippen molar-refractivity contribution in [3.63, 3.8) is 0 Å². The molecule has 3 rings (SSSR count). The van der Waals surface area contributed by atoms with Gasteiger partial charge in [-0.25, -0.2) is 25.2 Å². The second kappa shape index (κ2) is 16.1. The summed E-state index contributed by atoms with van der Waals surface area (Å²) < 4.78 is 186. The third-order valence-electron chi connectivity index (χ3n) is 6.25. The molecule has 30 heteroatoms. The van der Waals surface area contributed by atoms with Crippen molar-refractivity contribution >= 4 is 94.8 Å². The summed E-state index contributed by atoms with van der Waals surface area (Å²) in [4.78, 5) is -3.54. The summed E-state index contributed by atoms with van der Waals surface area (Å²) in [5.41, 5.74) is 4.39. The fraction of sp³-hybridized carbons (Fsp3) is 0.217. The number of nitrogens with one attached hydrogen (secondary N) is 1. The van der Waals surface area contributed by atoms with E-state index in [4.69, 9.17) is 14.8 Å². The summed E-state index contributed by atoms with van der Waals surface area (Å²) in [5.74, 6) is -2.06. The molecule has 0 amide bonds.